The number of carboxylic acids is 1. The van der Waals surface area contributed by atoms with E-state index in [9.17, 15) is 19.5 Å². The Hall–Kier alpha value is -2.75. The molecule has 0 rings (SSSR count). The third kappa shape index (κ3) is 60.9. The normalized spacial score (nSPS) is 13.0. The van der Waals surface area contributed by atoms with Crippen molar-refractivity contribution in [2.75, 3.05) is 47.5 Å². The molecule has 0 saturated heterocycles. The average Bonchev–Trinajstić information content (AvgIpc) is 3.41. The molecule has 0 spiro atoms. The molecule has 0 amide bonds. The smallest absolute Gasteiger partial charge is 0.361 e. The Balaban J connectivity index is 3.93. The third-order valence-electron chi connectivity index (χ3n) is 14.8. The zero-order chi connectivity index (χ0) is 56.9. The predicted molar refractivity (Wildman–Crippen MR) is 332 cm³/mol. The first-order valence-electron chi connectivity index (χ1n) is 33.3. The van der Waals surface area contributed by atoms with Gasteiger partial charge in [-0.2, -0.15) is 0 Å². The van der Waals surface area contributed by atoms with Crippen LogP contribution < -0.4 is 0 Å². The summed E-state index contributed by atoms with van der Waals surface area (Å²) in [6, 6.07) is 0. The number of allylic oxidation sites excluding steroid dienone is 8. The van der Waals surface area contributed by atoms with Crippen molar-refractivity contribution in [1.29, 1.82) is 0 Å². The zero-order valence-electron chi connectivity index (χ0n) is 52.1. The van der Waals surface area contributed by atoms with Crippen LogP contribution >= 0.6 is 0 Å². The molecular formula is C69H128NO8+. The SMILES string of the molecule is CC/C=C\C/C=C\C/C=C\C/C=C\CCCCCCCCCCCCCCCCCCCCCCCCCCCCC(=O)OC(COC(=O)CCCCCCCCCCCCCCCC)COC(OCC[N+](C)(C)C)C(=O)O. The molecule has 0 heterocycles. The lowest BCUT2D eigenvalue weighted by atomic mass is 10.0. The number of hydrogen-bond acceptors (Lipinski definition) is 7. The van der Waals surface area contributed by atoms with Crippen molar-refractivity contribution in [3.63, 3.8) is 0 Å². The number of carbonyl (C=O) groups is 3. The Kier molecular flexibility index (Phi) is 58.2. The van der Waals surface area contributed by atoms with E-state index in [1.165, 1.54) is 225 Å². The maximum atomic E-state index is 12.9. The minimum absolute atomic E-state index is 0.175. The molecule has 9 heteroatoms. The van der Waals surface area contributed by atoms with E-state index >= 15 is 0 Å². The molecule has 0 aliphatic rings. The van der Waals surface area contributed by atoms with E-state index in [2.05, 4.69) is 62.5 Å². The summed E-state index contributed by atoms with van der Waals surface area (Å²) in [6.45, 7) is 4.81. The number of nitrogens with zero attached hydrogens (tertiary/aromatic N) is 1. The minimum atomic E-state index is -1.51. The molecule has 0 aromatic rings. The summed E-state index contributed by atoms with van der Waals surface area (Å²) in [5, 5.41) is 9.71. The quantitative estimate of drug-likeness (QED) is 0.0211. The molecule has 2 unspecified atom stereocenters. The van der Waals surface area contributed by atoms with Gasteiger partial charge >= 0.3 is 17.9 Å². The lowest BCUT2D eigenvalue weighted by Crippen LogP contribution is -2.40. The molecule has 0 aromatic heterocycles. The Morgan fingerprint density at radius 3 is 1.09 bits per heavy atom. The molecule has 1 N–H and O–H groups in total. The number of unbranched alkanes of at least 4 members (excludes halogenated alkanes) is 39. The van der Waals surface area contributed by atoms with Gasteiger partial charge in [-0.15, -0.1) is 0 Å². The Morgan fingerprint density at radius 1 is 0.397 bits per heavy atom. The lowest BCUT2D eigenvalue weighted by molar-refractivity contribution is -0.870. The van der Waals surface area contributed by atoms with Crippen LogP contribution in [0.15, 0.2) is 48.6 Å². The van der Waals surface area contributed by atoms with Crippen molar-refractivity contribution in [3.8, 4) is 0 Å². The first kappa shape index (κ1) is 75.2. The van der Waals surface area contributed by atoms with Gasteiger partial charge in [-0.3, -0.25) is 9.59 Å². The van der Waals surface area contributed by atoms with Crippen LogP contribution in [0.5, 0.6) is 0 Å². The first-order valence-corrected chi connectivity index (χ1v) is 33.3. The van der Waals surface area contributed by atoms with Crippen molar-refractivity contribution in [2.24, 2.45) is 0 Å². The van der Waals surface area contributed by atoms with E-state index in [1.807, 2.05) is 21.1 Å². The van der Waals surface area contributed by atoms with Crippen LogP contribution in [0.1, 0.15) is 316 Å². The highest BCUT2D eigenvalue weighted by molar-refractivity contribution is 5.71. The number of quaternary nitrogens is 1. The van der Waals surface area contributed by atoms with E-state index in [1.54, 1.807) is 0 Å². The second-order valence-electron chi connectivity index (χ2n) is 23.8. The van der Waals surface area contributed by atoms with E-state index < -0.39 is 18.4 Å². The molecule has 0 radical (unpaired) electrons. The predicted octanol–water partition coefficient (Wildman–Crippen LogP) is 20.2. The maximum absolute atomic E-state index is 12.9. The van der Waals surface area contributed by atoms with Crippen LogP contribution in [-0.2, 0) is 33.3 Å². The molecule has 456 valence electrons. The summed E-state index contributed by atoms with van der Waals surface area (Å²) in [7, 11) is 5.98. The summed E-state index contributed by atoms with van der Waals surface area (Å²) < 4.78 is 22.9. The largest absolute Gasteiger partial charge is 0.477 e. The Labute approximate surface area is 482 Å². The van der Waals surface area contributed by atoms with Crippen LogP contribution in [0, 0.1) is 0 Å². The minimum Gasteiger partial charge on any atom is -0.477 e. The van der Waals surface area contributed by atoms with Gasteiger partial charge in [-0.25, -0.2) is 4.79 Å². The highest BCUT2D eigenvalue weighted by Gasteiger charge is 2.25. The monoisotopic (exact) mass is 1100 g/mol. The number of hydrogen-bond donors (Lipinski definition) is 1. The van der Waals surface area contributed by atoms with Crippen molar-refractivity contribution in [1.82, 2.24) is 0 Å². The molecule has 0 aliphatic carbocycles. The van der Waals surface area contributed by atoms with Crippen LogP contribution in [0.4, 0.5) is 0 Å². The third-order valence-corrected chi connectivity index (χ3v) is 14.8. The number of rotatable bonds is 62. The van der Waals surface area contributed by atoms with Crippen LogP contribution in [0.3, 0.4) is 0 Å². The maximum Gasteiger partial charge on any atom is 0.361 e. The van der Waals surface area contributed by atoms with Gasteiger partial charge in [0.2, 0.25) is 0 Å². The van der Waals surface area contributed by atoms with Gasteiger partial charge in [0, 0.05) is 12.8 Å². The number of likely N-dealkylation sites (N-methyl/N-ethyl adjacent to an activating group) is 1. The molecule has 0 fully saturated rings. The Morgan fingerprint density at radius 2 is 0.731 bits per heavy atom. The highest BCUT2D eigenvalue weighted by Crippen LogP contribution is 2.18. The zero-order valence-corrected chi connectivity index (χ0v) is 52.1. The second-order valence-corrected chi connectivity index (χ2v) is 23.8. The van der Waals surface area contributed by atoms with E-state index in [0.29, 0.717) is 17.4 Å². The molecule has 9 nitrogen and oxygen atoms in total. The van der Waals surface area contributed by atoms with E-state index in [-0.39, 0.29) is 38.2 Å². The van der Waals surface area contributed by atoms with Gasteiger partial charge in [0.25, 0.3) is 6.29 Å². The summed E-state index contributed by atoms with van der Waals surface area (Å²) >= 11 is 0. The van der Waals surface area contributed by atoms with Gasteiger partial charge in [0.15, 0.2) is 6.10 Å². The van der Waals surface area contributed by atoms with Crippen LogP contribution in [0.25, 0.3) is 0 Å². The van der Waals surface area contributed by atoms with Gasteiger partial charge < -0.3 is 28.5 Å². The number of carbonyl (C=O) groups excluding carboxylic acids is 2. The van der Waals surface area contributed by atoms with Crippen LogP contribution in [0.2, 0.25) is 0 Å². The van der Waals surface area contributed by atoms with Crippen molar-refractivity contribution >= 4 is 17.9 Å². The van der Waals surface area contributed by atoms with E-state index in [0.717, 1.165) is 64.2 Å². The molecule has 0 aliphatic heterocycles. The summed E-state index contributed by atoms with van der Waals surface area (Å²) in [5.74, 6) is -1.98. The fourth-order valence-corrected chi connectivity index (χ4v) is 9.77. The molecule has 78 heavy (non-hydrogen) atoms. The van der Waals surface area contributed by atoms with Gasteiger partial charge in [0.05, 0.1) is 34.4 Å². The summed E-state index contributed by atoms with van der Waals surface area (Å²) in [5.41, 5.74) is 0. The van der Waals surface area contributed by atoms with Crippen molar-refractivity contribution in [2.45, 2.75) is 328 Å². The van der Waals surface area contributed by atoms with Crippen molar-refractivity contribution < 1.29 is 42.9 Å². The fourth-order valence-electron chi connectivity index (χ4n) is 9.77. The van der Waals surface area contributed by atoms with Gasteiger partial charge in [-0.1, -0.05) is 300 Å². The van der Waals surface area contributed by atoms with Crippen LogP contribution in [-0.4, -0.2) is 87.4 Å². The average molecular weight is 1100 g/mol. The molecule has 0 aromatic carbocycles. The number of carboxylic acid groups (broad SMARTS) is 1. The molecule has 0 saturated carbocycles. The number of ether oxygens (including phenoxy) is 4. The van der Waals surface area contributed by atoms with Gasteiger partial charge in [0.1, 0.15) is 13.2 Å². The summed E-state index contributed by atoms with van der Waals surface area (Å²) in [4.78, 5) is 37.4. The molecular weight excluding hydrogens is 971 g/mol. The Bertz CT molecular complexity index is 1420. The van der Waals surface area contributed by atoms with Gasteiger partial charge in [-0.05, 0) is 51.4 Å². The number of esters is 2. The standard InChI is InChI=1S/C69H127NO8/c1-6-8-10-12-14-16-18-20-22-23-24-25-26-27-28-29-30-31-32-33-34-35-36-37-38-39-40-41-42-43-44-45-46-48-50-52-54-56-58-60-67(72)78-65(64-77-69(68(73)74)75-62-61-70(3,4)5)63-76-66(71)59-57-55-53-51-49-47-21-19-17-15-13-11-9-7-2/h8,10,14,16,20,22,24-25,65,69H,6-7,9,11-13,15,17-19,21,23,26-64H2,1-5H3/p+1/b10-8-,16-14-,22-20-,25-24-. The highest BCUT2D eigenvalue weighted by atomic mass is 16.7. The number of aliphatic carboxylic acids is 1. The lowest BCUT2D eigenvalue weighted by Gasteiger charge is -2.25. The first-order chi connectivity index (χ1) is 38.1. The van der Waals surface area contributed by atoms with Crippen molar-refractivity contribution in [3.05, 3.63) is 48.6 Å². The van der Waals surface area contributed by atoms with E-state index in [4.69, 9.17) is 18.9 Å². The fraction of sp³-hybridized carbons (Fsp3) is 0.841. The topological polar surface area (TPSA) is 108 Å². The molecule has 0 bridgehead atoms. The molecule has 2 atom stereocenters. The summed E-state index contributed by atoms with van der Waals surface area (Å²) in [6.07, 6.45) is 73.8. The second kappa shape index (κ2) is 60.3.